The molecule has 0 aromatic carbocycles. The van der Waals surface area contributed by atoms with Crippen LogP contribution in [-0.2, 0) is 9.59 Å². The summed E-state index contributed by atoms with van der Waals surface area (Å²) in [6, 6.07) is 1.84. The summed E-state index contributed by atoms with van der Waals surface area (Å²) in [4.78, 5) is 25.3. The quantitative estimate of drug-likeness (QED) is 0.321. The number of ketones is 2. The monoisotopic (exact) mass is 331 g/mol. The van der Waals surface area contributed by atoms with E-state index in [1.165, 1.54) is 6.92 Å². The number of hydrogen-bond donors (Lipinski definition) is 0. The van der Waals surface area contributed by atoms with E-state index in [4.69, 9.17) is 10.8 Å². The van der Waals surface area contributed by atoms with Crippen LogP contribution in [0.3, 0.4) is 0 Å². The maximum Gasteiger partial charge on any atom is 0.324 e. The standard InChI is InChI=1S/C10H10IN3O2/c1-8(15)5-10(7-12,3-2-4-11)9(16)6-14-13/h2,4,6H,3,5H2,1H3/b4-2+/t10-/m0/s1. The zero-order valence-electron chi connectivity index (χ0n) is 8.68. The van der Waals surface area contributed by atoms with Crippen LogP contribution in [0.25, 0.3) is 5.53 Å². The Labute approximate surface area is 107 Å². The first-order valence-electron chi connectivity index (χ1n) is 4.40. The number of nitriles is 1. The smallest absolute Gasteiger partial charge is 0.324 e. The van der Waals surface area contributed by atoms with E-state index in [2.05, 4.69) is 4.79 Å². The fourth-order valence-corrected chi connectivity index (χ4v) is 1.50. The molecular weight excluding hydrogens is 321 g/mol. The van der Waals surface area contributed by atoms with E-state index in [0.29, 0.717) is 6.21 Å². The molecule has 0 radical (unpaired) electrons. The Morgan fingerprint density at radius 2 is 2.25 bits per heavy atom. The molecule has 0 aliphatic carbocycles. The van der Waals surface area contributed by atoms with Crippen LogP contribution in [0.4, 0.5) is 0 Å². The van der Waals surface area contributed by atoms with Crippen molar-refractivity contribution in [2.45, 2.75) is 19.8 Å². The molecule has 1 atom stereocenters. The second kappa shape index (κ2) is 7.04. The van der Waals surface area contributed by atoms with Crippen molar-refractivity contribution in [1.29, 1.82) is 5.26 Å². The maximum absolute atomic E-state index is 11.6. The fourth-order valence-electron chi connectivity index (χ4n) is 1.25. The minimum atomic E-state index is -1.46. The molecule has 0 unspecified atom stereocenters. The lowest BCUT2D eigenvalue weighted by molar-refractivity contribution is -0.127. The number of nitrogens with zero attached hydrogens (tertiary/aromatic N) is 3. The highest BCUT2D eigenvalue weighted by Gasteiger charge is 2.40. The lowest BCUT2D eigenvalue weighted by Crippen LogP contribution is -2.32. The van der Waals surface area contributed by atoms with Gasteiger partial charge in [0.15, 0.2) is 0 Å². The number of rotatable bonds is 6. The Kier molecular flexibility index (Phi) is 6.46. The number of carbonyl (C=O) groups is 2. The summed E-state index contributed by atoms with van der Waals surface area (Å²) in [5.41, 5.74) is 6.83. The Morgan fingerprint density at radius 3 is 2.62 bits per heavy atom. The molecule has 0 heterocycles. The van der Waals surface area contributed by atoms with Crippen molar-refractivity contribution in [3.8, 4) is 6.07 Å². The van der Waals surface area contributed by atoms with Gasteiger partial charge in [0.05, 0.1) is 6.07 Å². The van der Waals surface area contributed by atoms with E-state index in [9.17, 15) is 9.59 Å². The molecule has 0 aliphatic rings. The van der Waals surface area contributed by atoms with Gasteiger partial charge in [0.2, 0.25) is 0 Å². The molecule has 16 heavy (non-hydrogen) atoms. The van der Waals surface area contributed by atoms with Crippen molar-refractivity contribution in [1.82, 2.24) is 0 Å². The van der Waals surface area contributed by atoms with Crippen LogP contribution in [0.5, 0.6) is 0 Å². The molecule has 5 nitrogen and oxygen atoms in total. The summed E-state index contributed by atoms with van der Waals surface area (Å²) < 4.78 is 1.66. The van der Waals surface area contributed by atoms with Crippen LogP contribution in [-0.4, -0.2) is 22.6 Å². The van der Waals surface area contributed by atoms with Gasteiger partial charge in [-0.2, -0.15) is 10.1 Å². The lowest BCUT2D eigenvalue weighted by Gasteiger charge is -2.18. The molecule has 0 fully saturated rings. The molecule has 6 heteroatoms. The fraction of sp³-hybridized carbons (Fsp3) is 0.400. The van der Waals surface area contributed by atoms with Gasteiger partial charge < -0.3 is 5.53 Å². The van der Waals surface area contributed by atoms with E-state index in [1.807, 2.05) is 28.7 Å². The average molecular weight is 331 g/mol. The van der Waals surface area contributed by atoms with E-state index >= 15 is 0 Å². The predicted molar refractivity (Wildman–Crippen MR) is 65.8 cm³/mol. The second-order valence-corrected chi connectivity index (χ2v) is 3.97. The van der Waals surface area contributed by atoms with Crippen LogP contribution in [0.15, 0.2) is 10.2 Å². The lowest BCUT2D eigenvalue weighted by atomic mass is 9.78. The van der Waals surface area contributed by atoms with E-state index < -0.39 is 11.2 Å². The van der Waals surface area contributed by atoms with Gasteiger partial charge >= 0.3 is 6.21 Å². The van der Waals surface area contributed by atoms with Crippen LogP contribution >= 0.6 is 22.6 Å². The first-order chi connectivity index (χ1) is 7.52. The minimum absolute atomic E-state index is 0.122. The van der Waals surface area contributed by atoms with Crippen molar-refractivity contribution in [3.05, 3.63) is 15.7 Å². The molecule has 0 bridgehead atoms. The predicted octanol–water partition coefficient (Wildman–Crippen LogP) is 1.68. The van der Waals surface area contributed by atoms with Gasteiger partial charge in [0.1, 0.15) is 11.2 Å². The van der Waals surface area contributed by atoms with Crippen LogP contribution in [0, 0.1) is 16.7 Å². The Balaban J connectivity index is 5.27. The molecule has 0 aliphatic heterocycles. The highest BCUT2D eigenvalue weighted by molar-refractivity contribution is 14.1. The van der Waals surface area contributed by atoms with Gasteiger partial charge in [-0.25, -0.2) is 0 Å². The normalized spacial score (nSPS) is 13.6. The molecule has 0 N–H and O–H groups in total. The van der Waals surface area contributed by atoms with Crippen molar-refractivity contribution in [2.75, 3.05) is 0 Å². The van der Waals surface area contributed by atoms with Crippen LogP contribution in [0.1, 0.15) is 19.8 Å². The topological polar surface area (TPSA) is 94.3 Å². The maximum atomic E-state index is 11.6. The van der Waals surface area contributed by atoms with E-state index in [1.54, 1.807) is 10.2 Å². The molecule has 0 rings (SSSR count). The van der Waals surface area contributed by atoms with Crippen molar-refractivity contribution in [2.24, 2.45) is 5.41 Å². The number of allylic oxidation sites excluding steroid dienone is 1. The summed E-state index contributed by atoms with van der Waals surface area (Å²) in [6.07, 6.45) is 2.22. The van der Waals surface area contributed by atoms with E-state index in [-0.39, 0.29) is 18.6 Å². The zero-order chi connectivity index (χ0) is 12.6. The highest BCUT2D eigenvalue weighted by Crippen LogP contribution is 2.27. The summed E-state index contributed by atoms with van der Waals surface area (Å²) in [7, 11) is 0. The summed E-state index contributed by atoms with van der Waals surface area (Å²) >= 11 is 1.95. The van der Waals surface area contributed by atoms with Gasteiger partial charge in [0.25, 0.3) is 5.78 Å². The highest BCUT2D eigenvalue weighted by atomic mass is 127. The number of halogens is 1. The van der Waals surface area contributed by atoms with Gasteiger partial charge in [-0.05, 0) is 17.4 Å². The average Bonchev–Trinajstić information content (AvgIpc) is 2.24. The van der Waals surface area contributed by atoms with Crippen molar-refractivity contribution in [3.63, 3.8) is 0 Å². The molecule has 0 aromatic rings. The second-order valence-electron chi connectivity index (χ2n) is 3.25. The Bertz CT molecular complexity index is 405. The number of hydrogen-bond acceptors (Lipinski definition) is 3. The number of Topliss-reactive ketones (excluding diaryl/α,β-unsaturated/α-hetero) is 2. The summed E-state index contributed by atoms with van der Waals surface area (Å²) in [5.74, 6) is -0.926. The third-order valence-electron chi connectivity index (χ3n) is 1.97. The zero-order valence-corrected chi connectivity index (χ0v) is 10.8. The van der Waals surface area contributed by atoms with Crippen molar-refractivity contribution >= 4 is 40.4 Å². The third kappa shape index (κ3) is 4.04. The summed E-state index contributed by atoms with van der Waals surface area (Å²) in [5, 5.41) is 9.05. The van der Waals surface area contributed by atoms with Crippen LogP contribution < -0.4 is 0 Å². The van der Waals surface area contributed by atoms with E-state index in [0.717, 1.165) is 0 Å². The molecule has 0 saturated carbocycles. The van der Waals surface area contributed by atoms with Gasteiger partial charge in [0, 0.05) is 6.42 Å². The Morgan fingerprint density at radius 1 is 1.62 bits per heavy atom. The molecule has 0 spiro atoms. The van der Waals surface area contributed by atoms with Gasteiger partial charge in [-0.3, -0.25) is 9.59 Å². The number of carbonyl (C=O) groups excluding carboxylic acids is 2. The molecule has 0 aromatic heterocycles. The first-order valence-corrected chi connectivity index (χ1v) is 5.64. The first kappa shape index (κ1) is 14.7. The molecule has 84 valence electrons. The SMILES string of the molecule is CC(=O)C[C@](C#N)(C/C=C/I)C(=O)C=[N+]=[N-]. The largest absolute Gasteiger partial charge is 0.361 e. The van der Waals surface area contributed by atoms with Crippen LogP contribution in [0.2, 0.25) is 0 Å². The minimum Gasteiger partial charge on any atom is -0.361 e. The van der Waals surface area contributed by atoms with Gasteiger partial charge in [-0.1, -0.05) is 28.7 Å². The molecule has 0 amide bonds. The summed E-state index contributed by atoms with van der Waals surface area (Å²) in [6.45, 7) is 1.31. The van der Waals surface area contributed by atoms with Gasteiger partial charge in [-0.15, -0.1) is 0 Å². The molecule has 0 saturated heterocycles. The third-order valence-corrected chi connectivity index (χ3v) is 2.48. The van der Waals surface area contributed by atoms with Crippen molar-refractivity contribution < 1.29 is 14.4 Å². The molecular formula is C10H10IN3O2. The Hall–Kier alpha value is -1.32.